The zero-order valence-electron chi connectivity index (χ0n) is 23.3. The van der Waals surface area contributed by atoms with Gasteiger partial charge in [-0.1, -0.05) is 54.6 Å². The van der Waals surface area contributed by atoms with Crippen molar-refractivity contribution in [3.8, 4) is 5.75 Å². The molecule has 2 aliphatic heterocycles. The van der Waals surface area contributed by atoms with Crippen molar-refractivity contribution in [1.82, 2.24) is 4.90 Å². The van der Waals surface area contributed by atoms with Gasteiger partial charge in [0.05, 0.1) is 6.61 Å². The van der Waals surface area contributed by atoms with E-state index in [2.05, 4.69) is 35.6 Å². The lowest BCUT2D eigenvalue weighted by Gasteiger charge is -2.32. The summed E-state index contributed by atoms with van der Waals surface area (Å²) in [5.41, 5.74) is 5.16. The first-order valence-electron chi connectivity index (χ1n) is 14.5. The summed E-state index contributed by atoms with van der Waals surface area (Å²) >= 11 is 0. The number of ether oxygens (including phenoxy) is 1. The lowest BCUT2D eigenvalue weighted by atomic mass is 9.90. The van der Waals surface area contributed by atoms with Crippen molar-refractivity contribution < 1.29 is 14.3 Å². The van der Waals surface area contributed by atoms with Crippen LogP contribution < -0.4 is 15.0 Å². The molecule has 0 aliphatic carbocycles. The Labute approximate surface area is 241 Å². The molecule has 0 saturated carbocycles. The quantitative estimate of drug-likeness (QED) is 0.260. The zero-order chi connectivity index (χ0) is 28.2. The fraction of sp³-hybridized carbons (Fsp3) is 0.257. The number of likely N-dealkylation sites (tertiary alicyclic amines) is 1. The van der Waals surface area contributed by atoms with Crippen LogP contribution in [0.4, 0.5) is 11.4 Å². The number of rotatable bonds is 8. The molecule has 4 aromatic rings. The highest BCUT2D eigenvalue weighted by atomic mass is 16.5. The predicted octanol–water partition coefficient (Wildman–Crippen LogP) is 6.95. The number of nitrogens with one attached hydrogen (secondary N) is 1. The molecule has 1 fully saturated rings. The van der Waals surface area contributed by atoms with E-state index >= 15 is 0 Å². The molecule has 1 saturated heterocycles. The molecule has 2 aliphatic rings. The van der Waals surface area contributed by atoms with E-state index < -0.39 is 6.17 Å². The predicted molar refractivity (Wildman–Crippen MR) is 162 cm³/mol. The Morgan fingerprint density at radius 3 is 2.37 bits per heavy atom. The van der Waals surface area contributed by atoms with E-state index in [1.807, 2.05) is 84.6 Å². The number of piperidine rings is 1. The monoisotopic (exact) mass is 545 g/mol. The van der Waals surface area contributed by atoms with Crippen molar-refractivity contribution in [3.63, 3.8) is 0 Å². The molecule has 4 aromatic carbocycles. The maximum Gasteiger partial charge on any atom is 0.260 e. The van der Waals surface area contributed by atoms with Crippen LogP contribution in [0.3, 0.4) is 0 Å². The van der Waals surface area contributed by atoms with Gasteiger partial charge in [0.25, 0.3) is 11.8 Å². The summed E-state index contributed by atoms with van der Waals surface area (Å²) in [5.74, 6) is 1.36. The van der Waals surface area contributed by atoms with Gasteiger partial charge in [-0.25, -0.2) is 0 Å². The second kappa shape index (κ2) is 11.9. The number of hydrogen-bond donors (Lipinski definition) is 1. The molecule has 1 atom stereocenters. The Morgan fingerprint density at radius 2 is 1.61 bits per heavy atom. The van der Waals surface area contributed by atoms with Crippen molar-refractivity contribution in [3.05, 3.63) is 125 Å². The molecule has 208 valence electrons. The Hall–Kier alpha value is -4.58. The Morgan fingerprint density at radius 1 is 0.878 bits per heavy atom. The maximum absolute atomic E-state index is 13.5. The number of hydrogen-bond acceptors (Lipinski definition) is 4. The van der Waals surface area contributed by atoms with Crippen molar-refractivity contribution in [2.24, 2.45) is 5.92 Å². The largest absolute Gasteiger partial charge is 0.494 e. The highest BCUT2D eigenvalue weighted by Gasteiger charge is 2.37. The van der Waals surface area contributed by atoms with Gasteiger partial charge in [0.2, 0.25) is 0 Å². The SMILES string of the molecule is CCOc1ccc(N2C(=O)c3ccccc3C2Nc2cccc(C(=O)N3CCC(Cc4ccccc4)CC3)c2)cc1. The van der Waals surface area contributed by atoms with Crippen LogP contribution in [0.1, 0.15) is 57.8 Å². The van der Waals surface area contributed by atoms with Crippen LogP contribution in [0.15, 0.2) is 103 Å². The average Bonchev–Trinajstić information content (AvgIpc) is 3.29. The molecule has 1 unspecified atom stereocenters. The van der Waals surface area contributed by atoms with Gasteiger partial charge in [-0.05, 0) is 86.2 Å². The van der Waals surface area contributed by atoms with Crippen LogP contribution in [0.25, 0.3) is 0 Å². The zero-order valence-corrected chi connectivity index (χ0v) is 23.3. The number of amides is 2. The minimum absolute atomic E-state index is 0.0538. The van der Waals surface area contributed by atoms with Gasteiger partial charge in [-0.15, -0.1) is 0 Å². The van der Waals surface area contributed by atoms with Crippen molar-refractivity contribution >= 4 is 23.2 Å². The molecule has 2 amide bonds. The van der Waals surface area contributed by atoms with Crippen LogP contribution in [0.5, 0.6) is 5.75 Å². The number of carbonyl (C=O) groups excluding carboxylic acids is 2. The first-order valence-corrected chi connectivity index (χ1v) is 14.5. The van der Waals surface area contributed by atoms with E-state index in [1.165, 1.54) is 5.56 Å². The van der Waals surface area contributed by atoms with E-state index in [1.54, 1.807) is 4.90 Å². The highest BCUT2D eigenvalue weighted by molar-refractivity contribution is 6.11. The lowest BCUT2D eigenvalue weighted by molar-refractivity contribution is 0.0690. The molecular weight excluding hydrogens is 510 g/mol. The summed E-state index contributed by atoms with van der Waals surface area (Å²) in [5, 5.41) is 3.55. The maximum atomic E-state index is 13.5. The summed E-state index contributed by atoms with van der Waals surface area (Å²) in [7, 11) is 0. The topological polar surface area (TPSA) is 61.9 Å². The van der Waals surface area contributed by atoms with Gasteiger partial charge in [-0.2, -0.15) is 0 Å². The molecule has 41 heavy (non-hydrogen) atoms. The van der Waals surface area contributed by atoms with Gasteiger partial charge in [-0.3, -0.25) is 14.5 Å². The van der Waals surface area contributed by atoms with Crippen molar-refractivity contribution in [2.75, 3.05) is 29.9 Å². The van der Waals surface area contributed by atoms with E-state index in [0.29, 0.717) is 23.7 Å². The van der Waals surface area contributed by atoms with Crippen molar-refractivity contribution in [1.29, 1.82) is 0 Å². The Kier molecular flexibility index (Phi) is 7.72. The van der Waals surface area contributed by atoms with Crippen LogP contribution in [-0.2, 0) is 6.42 Å². The number of fused-ring (bicyclic) bond motifs is 1. The van der Waals surface area contributed by atoms with E-state index in [0.717, 1.165) is 55.0 Å². The lowest BCUT2D eigenvalue weighted by Crippen LogP contribution is -2.39. The fourth-order valence-electron chi connectivity index (χ4n) is 5.96. The van der Waals surface area contributed by atoms with E-state index in [4.69, 9.17) is 4.74 Å². The molecule has 2 heterocycles. The molecule has 0 spiro atoms. The summed E-state index contributed by atoms with van der Waals surface area (Å²) in [6.45, 7) is 4.06. The summed E-state index contributed by atoms with van der Waals surface area (Å²) < 4.78 is 5.60. The minimum atomic E-state index is -0.407. The van der Waals surface area contributed by atoms with Crippen LogP contribution in [0.2, 0.25) is 0 Å². The number of anilines is 2. The van der Waals surface area contributed by atoms with E-state index in [9.17, 15) is 9.59 Å². The fourth-order valence-corrected chi connectivity index (χ4v) is 5.96. The second-order valence-corrected chi connectivity index (χ2v) is 10.7. The van der Waals surface area contributed by atoms with Gasteiger partial charge in [0.15, 0.2) is 0 Å². The smallest absolute Gasteiger partial charge is 0.260 e. The summed E-state index contributed by atoms with van der Waals surface area (Å²) in [4.78, 5) is 30.8. The number of benzene rings is 4. The molecule has 0 bridgehead atoms. The molecular formula is C35H35N3O3. The number of carbonyl (C=O) groups is 2. The van der Waals surface area contributed by atoms with Crippen molar-refractivity contribution in [2.45, 2.75) is 32.4 Å². The normalized spacial score (nSPS) is 16.9. The Balaban J connectivity index is 1.18. The van der Waals surface area contributed by atoms with Crippen LogP contribution in [0, 0.1) is 5.92 Å². The van der Waals surface area contributed by atoms with Crippen LogP contribution >= 0.6 is 0 Å². The molecule has 6 rings (SSSR count). The van der Waals surface area contributed by atoms with Gasteiger partial charge in [0.1, 0.15) is 11.9 Å². The van der Waals surface area contributed by atoms with E-state index in [-0.39, 0.29) is 11.8 Å². The van der Waals surface area contributed by atoms with Gasteiger partial charge >= 0.3 is 0 Å². The average molecular weight is 546 g/mol. The first-order chi connectivity index (χ1) is 20.1. The summed E-state index contributed by atoms with van der Waals surface area (Å²) in [6.07, 6.45) is 2.68. The molecule has 0 aromatic heterocycles. The van der Waals surface area contributed by atoms with Crippen LogP contribution in [-0.4, -0.2) is 36.4 Å². The minimum Gasteiger partial charge on any atom is -0.494 e. The second-order valence-electron chi connectivity index (χ2n) is 10.7. The van der Waals surface area contributed by atoms with Gasteiger partial charge in [0, 0.05) is 41.2 Å². The molecule has 6 nitrogen and oxygen atoms in total. The molecule has 1 N–H and O–H groups in total. The molecule has 6 heteroatoms. The first kappa shape index (κ1) is 26.6. The number of nitrogens with zero attached hydrogens (tertiary/aromatic N) is 2. The standard InChI is InChI=1S/C35H35N3O3/c1-2-41-30-17-15-29(16-18-30)38-33(31-13-6-7-14-32(31)35(38)40)36-28-12-8-11-27(24-28)34(39)37-21-19-26(20-22-37)23-25-9-4-3-5-10-25/h3-18,24,26,33,36H,2,19-23H2,1H3. The Bertz CT molecular complexity index is 1510. The third-order valence-electron chi connectivity index (χ3n) is 8.07. The van der Waals surface area contributed by atoms with Gasteiger partial charge < -0.3 is 15.0 Å². The molecule has 0 radical (unpaired) electrons. The third-order valence-corrected chi connectivity index (χ3v) is 8.07. The summed E-state index contributed by atoms with van der Waals surface area (Å²) in [6, 6.07) is 33.5. The highest BCUT2D eigenvalue weighted by Crippen LogP contribution is 2.38. The third kappa shape index (κ3) is 5.68.